The number of fused-ring (bicyclic) bond motifs is 1. The maximum absolute atomic E-state index is 5.66. The quantitative estimate of drug-likeness (QED) is 0.741. The Morgan fingerprint density at radius 1 is 1.19 bits per heavy atom. The molecule has 6 heteroatoms. The van der Waals surface area contributed by atoms with Crippen molar-refractivity contribution in [3.8, 4) is 0 Å². The van der Waals surface area contributed by atoms with Crippen LogP contribution in [-0.2, 0) is 6.54 Å². The summed E-state index contributed by atoms with van der Waals surface area (Å²) in [6.45, 7) is 2.26. The summed E-state index contributed by atoms with van der Waals surface area (Å²) >= 11 is 0. The summed E-state index contributed by atoms with van der Waals surface area (Å²) < 4.78 is 1.83. The van der Waals surface area contributed by atoms with Crippen LogP contribution < -0.4 is 10.6 Å². The molecule has 0 unspecified atom stereocenters. The lowest BCUT2D eigenvalue weighted by molar-refractivity contribution is 0.724. The van der Waals surface area contributed by atoms with E-state index in [0.29, 0.717) is 6.54 Å². The molecule has 0 saturated carbocycles. The number of hydrogen-bond donors (Lipinski definition) is 1. The minimum Gasteiger partial charge on any atom is -0.350 e. The monoisotopic (exact) mass is 282 g/mol. The van der Waals surface area contributed by atoms with Crippen LogP contribution in [0.2, 0.25) is 0 Å². The molecule has 0 atom stereocenters. The van der Waals surface area contributed by atoms with Gasteiger partial charge in [-0.25, -0.2) is 9.50 Å². The number of rotatable bonds is 6. The molecule has 0 fully saturated rings. The van der Waals surface area contributed by atoms with E-state index >= 15 is 0 Å². The standard InChI is InChI=1S/C15H18N6/c16-5-2-9-20(12-13-3-1-6-17-11-13)15-14-4-7-19-21(14)10-8-18-15/h1,3-4,6-8,10-11H,2,5,9,12,16H2. The van der Waals surface area contributed by atoms with Gasteiger partial charge in [0.15, 0.2) is 5.82 Å². The molecule has 0 saturated heterocycles. The minimum atomic E-state index is 0.659. The van der Waals surface area contributed by atoms with E-state index in [-0.39, 0.29) is 0 Å². The van der Waals surface area contributed by atoms with Crippen LogP contribution in [0.4, 0.5) is 5.82 Å². The molecule has 6 nitrogen and oxygen atoms in total. The average Bonchev–Trinajstić information content (AvgIpc) is 3.01. The molecule has 0 amide bonds. The van der Waals surface area contributed by atoms with E-state index in [1.165, 1.54) is 0 Å². The summed E-state index contributed by atoms with van der Waals surface area (Å²) in [5.74, 6) is 0.923. The van der Waals surface area contributed by atoms with E-state index in [1.54, 1.807) is 18.6 Å². The summed E-state index contributed by atoms with van der Waals surface area (Å²) in [6, 6.07) is 5.99. The summed E-state index contributed by atoms with van der Waals surface area (Å²) in [7, 11) is 0. The zero-order valence-corrected chi connectivity index (χ0v) is 11.8. The van der Waals surface area contributed by atoms with Crippen molar-refractivity contribution >= 4 is 11.3 Å². The van der Waals surface area contributed by atoms with Gasteiger partial charge in [-0.1, -0.05) is 6.07 Å². The van der Waals surface area contributed by atoms with Crippen LogP contribution in [0.5, 0.6) is 0 Å². The normalized spacial score (nSPS) is 10.9. The van der Waals surface area contributed by atoms with E-state index in [2.05, 4.69) is 26.0 Å². The average molecular weight is 282 g/mol. The van der Waals surface area contributed by atoms with Gasteiger partial charge in [-0.05, 0) is 30.7 Å². The molecular weight excluding hydrogens is 264 g/mol. The zero-order chi connectivity index (χ0) is 14.5. The molecule has 0 bridgehead atoms. The summed E-state index contributed by atoms with van der Waals surface area (Å²) in [6.07, 6.45) is 9.98. The maximum Gasteiger partial charge on any atom is 0.154 e. The van der Waals surface area contributed by atoms with Crippen LogP contribution in [-0.4, -0.2) is 32.7 Å². The van der Waals surface area contributed by atoms with E-state index in [0.717, 1.165) is 36.4 Å². The van der Waals surface area contributed by atoms with Gasteiger partial charge in [-0.3, -0.25) is 4.98 Å². The number of nitrogens with two attached hydrogens (primary N) is 1. The smallest absolute Gasteiger partial charge is 0.154 e. The first-order chi connectivity index (χ1) is 10.4. The Morgan fingerprint density at radius 2 is 2.14 bits per heavy atom. The third kappa shape index (κ3) is 3.00. The van der Waals surface area contributed by atoms with E-state index < -0.39 is 0 Å². The van der Waals surface area contributed by atoms with Gasteiger partial charge in [-0.2, -0.15) is 5.10 Å². The molecule has 3 aromatic heterocycles. The molecule has 3 aromatic rings. The van der Waals surface area contributed by atoms with Crippen LogP contribution in [0, 0.1) is 0 Å². The van der Waals surface area contributed by atoms with Crippen molar-refractivity contribution in [2.45, 2.75) is 13.0 Å². The van der Waals surface area contributed by atoms with Crippen molar-refractivity contribution in [1.82, 2.24) is 19.6 Å². The molecule has 0 radical (unpaired) electrons. The molecule has 0 aromatic carbocycles. The largest absolute Gasteiger partial charge is 0.350 e. The molecule has 3 heterocycles. The molecule has 0 aliphatic carbocycles. The van der Waals surface area contributed by atoms with E-state index in [9.17, 15) is 0 Å². The van der Waals surface area contributed by atoms with Crippen LogP contribution in [0.25, 0.3) is 5.52 Å². The molecule has 3 rings (SSSR count). The van der Waals surface area contributed by atoms with Gasteiger partial charge < -0.3 is 10.6 Å². The van der Waals surface area contributed by atoms with Crippen molar-refractivity contribution < 1.29 is 0 Å². The maximum atomic E-state index is 5.66. The zero-order valence-electron chi connectivity index (χ0n) is 11.8. The molecule has 2 N–H and O–H groups in total. The number of pyridine rings is 1. The topological polar surface area (TPSA) is 72.3 Å². The molecule has 108 valence electrons. The predicted octanol–water partition coefficient (Wildman–Crippen LogP) is 1.48. The summed E-state index contributed by atoms with van der Waals surface area (Å²) in [5.41, 5.74) is 7.81. The summed E-state index contributed by atoms with van der Waals surface area (Å²) in [5, 5.41) is 4.26. The van der Waals surface area contributed by atoms with Crippen molar-refractivity contribution in [1.29, 1.82) is 0 Å². The third-order valence-electron chi connectivity index (χ3n) is 3.33. The Kier molecular flexibility index (Phi) is 4.07. The fraction of sp³-hybridized carbons (Fsp3) is 0.267. The van der Waals surface area contributed by atoms with Gasteiger partial charge in [0.1, 0.15) is 5.52 Å². The highest BCUT2D eigenvalue weighted by Gasteiger charge is 2.12. The van der Waals surface area contributed by atoms with Crippen molar-refractivity contribution in [2.75, 3.05) is 18.0 Å². The second-order valence-electron chi connectivity index (χ2n) is 4.84. The first kappa shape index (κ1) is 13.5. The number of hydrogen-bond acceptors (Lipinski definition) is 5. The van der Waals surface area contributed by atoms with E-state index in [4.69, 9.17) is 5.73 Å². The lowest BCUT2D eigenvalue weighted by atomic mass is 10.2. The number of aromatic nitrogens is 4. The van der Waals surface area contributed by atoms with Crippen molar-refractivity contribution in [3.05, 3.63) is 54.7 Å². The van der Waals surface area contributed by atoms with Crippen LogP contribution in [0.15, 0.2) is 49.2 Å². The Bertz CT molecular complexity index is 693. The van der Waals surface area contributed by atoms with Gasteiger partial charge in [0.25, 0.3) is 0 Å². The fourth-order valence-electron chi connectivity index (χ4n) is 2.34. The van der Waals surface area contributed by atoms with E-state index in [1.807, 2.05) is 29.0 Å². The highest BCUT2D eigenvalue weighted by molar-refractivity contribution is 5.68. The Hall–Kier alpha value is -2.47. The van der Waals surface area contributed by atoms with Gasteiger partial charge in [0.2, 0.25) is 0 Å². The van der Waals surface area contributed by atoms with Crippen LogP contribution in [0.1, 0.15) is 12.0 Å². The lowest BCUT2D eigenvalue weighted by Gasteiger charge is -2.24. The second-order valence-corrected chi connectivity index (χ2v) is 4.84. The minimum absolute atomic E-state index is 0.659. The Morgan fingerprint density at radius 3 is 2.95 bits per heavy atom. The van der Waals surface area contributed by atoms with Crippen LogP contribution in [0.3, 0.4) is 0 Å². The molecule has 21 heavy (non-hydrogen) atoms. The molecule has 0 aliphatic heterocycles. The fourth-order valence-corrected chi connectivity index (χ4v) is 2.34. The highest BCUT2D eigenvalue weighted by Crippen LogP contribution is 2.20. The van der Waals surface area contributed by atoms with Gasteiger partial charge in [0.05, 0.1) is 6.20 Å². The Labute approximate surface area is 123 Å². The first-order valence-corrected chi connectivity index (χ1v) is 7.01. The van der Waals surface area contributed by atoms with Gasteiger partial charge in [-0.15, -0.1) is 0 Å². The van der Waals surface area contributed by atoms with Crippen molar-refractivity contribution in [2.24, 2.45) is 5.73 Å². The van der Waals surface area contributed by atoms with Gasteiger partial charge in [0, 0.05) is 37.9 Å². The molecule has 0 spiro atoms. The highest BCUT2D eigenvalue weighted by atomic mass is 15.3. The predicted molar refractivity (Wildman–Crippen MR) is 81.9 cm³/mol. The summed E-state index contributed by atoms with van der Waals surface area (Å²) in [4.78, 5) is 10.9. The van der Waals surface area contributed by atoms with Crippen LogP contribution >= 0.6 is 0 Å². The SMILES string of the molecule is NCCCN(Cc1cccnc1)c1nccn2nccc12. The third-order valence-corrected chi connectivity index (χ3v) is 3.33. The lowest BCUT2D eigenvalue weighted by Crippen LogP contribution is -2.27. The Balaban J connectivity index is 1.93. The molecular formula is C15H18N6. The van der Waals surface area contributed by atoms with Gasteiger partial charge >= 0.3 is 0 Å². The molecule has 0 aliphatic rings. The first-order valence-electron chi connectivity index (χ1n) is 7.01. The van der Waals surface area contributed by atoms with Crippen molar-refractivity contribution in [3.63, 3.8) is 0 Å². The number of anilines is 1. The number of nitrogens with zero attached hydrogens (tertiary/aromatic N) is 5. The second kappa shape index (κ2) is 6.32.